The van der Waals surface area contributed by atoms with Gasteiger partial charge < -0.3 is 4.90 Å². The van der Waals surface area contributed by atoms with Gasteiger partial charge in [-0.15, -0.1) is 0 Å². The molecule has 6 heteroatoms. The van der Waals surface area contributed by atoms with E-state index in [2.05, 4.69) is 39.0 Å². The lowest BCUT2D eigenvalue weighted by Gasteiger charge is -2.37. The lowest BCUT2D eigenvalue weighted by molar-refractivity contribution is 0.119. The third kappa shape index (κ3) is 3.45. The SMILES string of the molecule is C[C@@H](c1ccsc1)N1CCN(C(=O)Nc2ccccn2)CC1. The predicted molar refractivity (Wildman–Crippen MR) is 89.1 cm³/mol. The Kier molecular flexibility index (Phi) is 4.70. The lowest BCUT2D eigenvalue weighted by atomic mass is 10.1. The molecule has 5 nitrogen and oxygen atoms in total. The van der Waals surface area contributed by atoms with Crippen LogP contribution in [-0.4, -0.2) is 47.0 Å². The summed E-state index contributed by atoms with van der Waals surface area (Å²) in [6.07, 6.45) is 1.68. The second-order valence-corrected chi connectivity index (χ2v) is 6.18. The molecule has 0 unspecified atom stereocenters. The number of hydrogen-bond donors (Lipinski definition) is 1. The molecule has 1 aliphatic rings. The molecule has 1 N–H and O–H groups in total. The average molecular weight is 316 g/mol. The van der Waals surface area contributed by atoms with Gasteiger partial charge in [-0.3, -0.25) is 10.2 Å². The van der Waals surface area contributed by atoms with Crippen LogP contribution in [0.3, 0.4) is 0 Å². The highest BCUT2D eigenvalue weighted by Crippen LogP contribution is 2.23. The maximum atomic E-state index is 12.2. The predicted octanol–water partition coefficient (Wildman–Crippen LogP) is 3.05. The number of piperazine rings is 1. The summed E-state index contributed by atoms with van der Waals surface area (Å²) >= 11 is 1.73. The quantitative estimate of drug-likeness (QED) is 0.947. The van der Waals surface area contributed by atoms with Crippen LogP contribution in [-0.2, 0) is 0 Å². The number of amides is 2. The molecular weight excluding hydrogens is 296 g/mol. The first-order valence-electron chi connectivity index (χ1n) is 7.47. The maximum absolute atomic E-state index is 12.2. The Labute approximate surface area is 134 Å². The molecule has 1 atom stereocenters. The Bertz CT molecular complexity index is 594. The highest BCUT2D eigenvalue weighted by atomic mass is 32.1. The van der Waals surface area contributed by atoms with E-state index in [1.54, 1.807) is 23.6 Å². The highest BCUT2D eigenvalue weighted by molar-refractivity contribution is 7.07. The van der Waals surface area contributed by atoms with Crippen molar-refractivity contribution in [1.29, 1.82) is 0 Å². The van der Waals surface area contributed by atoms with Gasteiger partial charge in [0.05, 0.1) is 0 Å². The van der Waals surface area contributed by atoms with E-state index >= 15 is 0 Å². The van der Waals surface area contributed by atoms with E-state index in [1.807, 2.05) is 17.0 Å². The normalized spacial score (nSPS) is 17.2. The van der Waals surface area contributed by atoms with Crippen molar-refractivity contribution in [1.82, 2.24) is 14.8 Å². The number of anilines is 1. The van der Waals surface area contributed by atoms with E-state index in [9.17, 15) is 4.79 Å². The van der Waals surface area contributed by atoms with Gasteiger partial charge in [-0.1, -0.05) is 6.07 Å². The van der Waals surface area contributed by atoms with E-state index in [0.29, 0.717) is 11.9 Å². The molecule has 0 aromatic carbocycles. The van der Waals surface area contributed by atoms with Gasteiger partial charge in [-0.05, 0) is 41.4 Å². The van der Waals surface area contributed by atoms with Crippen molar-refractivity contribution in [2.24, 2.45) is 0 Å². The number of carbonyl (C=O) groups excluding carboxylic acids is 1. The van der Waals surface area contributed by atoms with Crippen LogP contribution in [0.5, 0.6) is 0 Å². The van der Waals surface area contributed by atoms with Gasteiger partial charge in [0, 0.05) is 38.4 Å². The van der Waals surface area contributed by atoms with Crippen LogP contribution < -0.4 is 5.32 Å². The molecule has 0 bridgehead atoms. The zero-order valence-corrected chi connectivity index (χ0v) is 13.4. The molecule has 0 saturated carbocycles. The molecule has 3 rings (SSSR count). The van der Waals surface area contributed by atoms with Gasteiger partial charge in [0.25, 0.3) is 0 Å². The molecule has 0 spiro atoms. The minimum absolute atomic E-state index is 0.0680. The zero-order chi connectivity index (χ0) is 15.4. The zero-order valence-electron chi connectivity index (χ0n) is 12.6. The van der Waals surface area contributed by atoms with Gasteiger partial charge in [-0.25, -0.2) is 9.78 Å². The summed E-state index contributed by atoms with van der Waals surface area (Å²) in [5.41, 5.74) is 1.36. The van der Waals surface area contributed by atoms with Crippen LogP contribution in [0.25, 0.3) is 0 Å². The number of hydrogen-bond acceptors (Lipinski definition) is 4. The van der Waals surface area contributed by atoms with Crippen LogP contribution in [0.1, 0.15) is 18.5 Å². The molecule has 2 aromatic rings. The Morgan fingerprint density at radius 3 is 2.73 bits per heavy atom. The van der Waals surface area contributed by atoms with Crippen LogP contribution in [0.15, 0.2) is 41.2 Å². The van der Waals surface area contributed by atoms with Crippen molar-refractivity contribution < 1.29 is 4.79 Å². The fourth-order valence-electron chi connectivity index (χ4n) is 2.66. The lowest BCUT2D eigenvalue weighted by Crippen LogP contribution is -2.50. The standard InChI is InChI=1S/C16H20N4OS/c1-13(14-5-11-22-12-14)19-7-9-20(10-8-19)16(21)18-15-4-2-3-6-17-15/h2-6,11-13H,7-10H2,1H3,(H,17,18,21)/t13-/m0/s1. The van der Waals surface area contributed by atoms with Crippen LogP contribution in [0, 0.1) is 0 Å². The number of nitrogens with zero attached hydrogens (tertiary/aromatic N) is 3. The van der Waals surface area contributed by atoms with Crippen LogP contribution in [0.2, 0.25) is 0 Å². The minimum Gasteiger partial charge on any atom is -0.322 e. The third-order valence-corrected chi connectivity index (χ3v) is 4.78. The summed E-state index contributed by atoms with van der Waals surface area (Å²) in [7, 11) is 0. The molecule has 1 aliphatic heterocycles. The van der Waals surface area contributed by atoms with Gasteiger partial charge in [-0.2, -0.15) is 11.3 Å². The summed E-state index contributed by atoms with van der Waals surface area (Å²) in [5, 5.41) is 7.15. The Balaban J connectivity index is 1.52. The van der Waals surface area contributed by atoms with Gasteiger partial charge in [0.1, 0.15) is 5.82 Å². The average Bonchev–Trinajstić information content (AvgIpc) is 3.10. The molecule has 1 fully saturated rings. The van der Waals surface area contributed by atoms with E-state index in [4.69, 9.17) is 0 Å². The van der Waals surface area contributed by atoms with E-state index in [1.165, 1.54) is 5.56 Å². The molecule has 0 aliphatic carbocycles. The van der Waals surface area contributed by atoms with Crippen LogP contribution in [0.4, 0.5) is 10.6 Å². The topological polar surface area (TPSA) is 48.5 Å². The first kappa shape index (κ1) is 15.0. The van der Waals surface area contributed by atoms with E-state index in [0.717, 1.165) is 26.2 Å². The monoisotopic (exact) mass is 316 g/mol. The largest absolute Gasteiger partial charge is 0.323 e. The summed E-state index contributed by atoms with van der Waals surface area (Å²) in [5.74, 6) is 0.599. The van der Waals surface area contributed by atoms with Crippen molar-refractivity contribution in [2.45, 2.75) is 13.0 Å². The molecule has 116 valence electrons. The smallest absolute Gasteiger partial charge is 0.322 e. The van der Waals surface area contributed by atoms with Crippen molar-refractivity contribution in [3.8, 4) is 0 Å². The maximum Gasteiger partial charge on any atom is 0.323 e. The van der Waals surface area contributed by atoms with Crippen molar-refractivity contribution in [2.75, 3.05) is 31.5 Å². The summed E-state index contributed by atoms with van der Waals surface area (Å²) in [4.78, 5) is 20.6. The number of urea groups is 1. The second-order valence-electron chi connectivity index (χ2n) is 5.40. The first-order valence-corrected chi connectivity index (χ1v) is 8.41. The Morgan fingerprint density at radius 1 is 1.27 bits per heavy atom. The van der Waals surface area contributed by atoms with Gasteiger partial charge in [0.15, 0.2) is 0 Å². The number of carbonyl (C=O) groups is 1. The molecule has 2 amide bonds. The number of nitrogens with one attached hydrogen (secondary N) is 1. The molecule has 22 heavy (non-hydrogen) atoms. The minimum atomic E-state index is -0.0680. The van der Waals surface area contributed by atoms with Gasteiger partial charge >= 0.3 is 6.03 Å². The number of rotatable bonds is 3. The molecule has 0 radical (unpaired) electrons. The summed E-state index contributed by atoms with van der Waals surface area (Å²) in [6.45, 7) is 5.51. The first-order chi connectivity index (χ1) is 10.7. The number of pyridine rings is 1. The van der Waals surface area contributed by atoms with Crippen LogP contribution >= 0.6 is 11.3 Å². The number of aromatic nitrogens is 1. The third-order valence-electron chi connectivity index (χ3n) is 4.07. The second kappa shape index (κ2) is 6.89. The van der Waals surface area contributed by atoms with Crippen molar-refractivity contribution in [3.05, 3.63) is 46.8 Å². The molecule has 2 aromatic heterocycles. The van der Waals surface area contributed by atoms with E-state index in [-0.39, 0.29) is 6.03 Å². The fraction of sp³-hybridized carbons (Fsp3) is 0.375. The van der Waals surface area contributed by atoms with Gasteiger partial charge in [0.2, 0.25) is 0 Å². The fourth-order valence-corrected chi connectivity index (χ4v) is 3.41. The highest BCUT2D eigenvalue weighted by Gasteiger charge is 2.24. The Morgan fingerprint density at radius 2 is 2.09 bits per heavy atom. The summed E-state index contributed by atoms with van der Waals surface area (Å²) in [6, 6.07) is 8.01. The Hall–Kier alpha value is -1.92. The van der Waals surface area contributed by atoms with E-state index < -0.39 is 0 Å². The molecule has 3 heterocycles. The molecule has 1 saturated heterocycles. The van der Waals surface area contributed by atoms with Crippen molar-refractivity contribution >= 4 is 23.2 Å². The molecular formula is C16H20N4OS. The number of thiophene rings is 1. The summed E-state index contributed by atoms with van der Waals surface area (Å²) < 4.78 is 0. The van der Waals surface area contributed by atoms with Crippen molar-refractivity contribution in [3.63, 3.8) is 0 Å².